The molecule has 24 heavy (non-hydrogen) atoms. The highest BCUT2D eigenvalue weighted by Gasteiger charge is 2.15. The summed E-state index contributed by atoms with van der Waals surface area (Å²) in [5.41, 5.74) is 8.15. The second-order valence-corrected chi connectivity index (χ2v) is 5.65. The number of rotatable bonds is 8. The molecule has 0 fully saturated rings. The van der Waals surface area contributed by atoms with Crippen LogP contribution in [-0.4, -0.2) is 24.2 Å². The molecule has 4 N–H and O–H groups in total. The zero-order valence-electron chi connectivity index (χ0n) is 13.6. The normalized spacial score (nSPS) is 12.8. The number of halogens is 1. The summed E-state index contributed by atoms with van der Waals surface area (Å²) in [5, 5.41) is 12.2. The van der Waals surface area contributed by atoms with E-state index in [0.29, 0.717) is 13.0 Å². The summed E-state index contributed by atoms with van der Waals surface area (Å²) in [6.07, 6.45) is 0.875. The van der Waals surface area contributed by atoms with Crippen molar-refractivity contribution >= 4 is 18.3 Å². The standard InChI is InChI=1S/C19H24N2O2.ClH/c20-18(16-9-5-2-6-10-16)13-19(23)21-14-17(11-12-22)15-7-3-1-4-8-15;/h1-10,17-18,22H,11-14,20H2,(H,21,23);1H. The van der Waals surface area contributed by atoms with Gasteiger partial charge in [-0.25, -0.2) is 0 Å². The van der Waals surface area contributed by atoms with E-state index in [1.165, 1.54) is 0 Å². The molecule has 130 valence electrons. The molecular weight excluding hydrogens is 324 g/mol. The van der Waals surface area contributed by atoms with Crippen molar-refractivity contribution in [3.05, 3.63) is 71.8 Å². The summed E-state index contributed by atoms with van der Waals surface area (Å²) in [5.74, 6) is 0.0401. The fraction of sp³-hybridized carbons (Fsp3) is 0.316. The Morgan fingerprint density at radius 2 is 1.54 bits per heavy atom. The molecule has 2 aromatic rings. The number of aliphatic hydroxyl groups is 1. The van der Waals surface area contributed by atoms with E-state index in [0.717, 1.165) is 11.1 Å². The molecule has 0 saturated heterocycles. The number of amides is 1. The lowest BCUT2D eigenvalue weighted by molar-refractivity contribution is -0.121. The topological polar surface area (TPSA) is 75.4 Å². The molecule has 2 rings (SSSR count). The first-order chi connectivity index (χ1) is 11.2. The highest BCUT2D eigenvalue weighted by Crippen LogP contribution is 2.18. The Morgan fingerprint density at radius 1 is 1.00 bits per heavy atom. The molecule has 0 radical (unpaired) electrons. The largest absolute Gasteiger partial charge is 0.396 e. The number of carbonyl (C=O) groups is 1. The Hall–Kier alpha value is -1.88. The summed E-state index contributed by atoms with van der Waals surface area (Å²) in [4.78, 5) is 12.1. The van der Waals surface area contributed by atoms with Crippen molar-refractivity contribution in [3.8, 4) is 0 Å². The maximum Gasteiger partial charge on any atom is 0.221 e. The first-order valence-corrected chi connectivity index (χ1v) is 7.93. The molecule has 0 aromatic heterocycles. The molecular formula is C19H25ClN2O2. The van der Waals surface area contributed by atoms with E-state index in [1.807, 2.05) is 60.7 Å². The summed E-state index contributed by atoms with van der Waals surface area (Å²) in [7, 11) is 0. The van der Waals surface area contributed by atoms with Gasteiger partial charge in [-0.15, -0.1) is 12.4 Å². The summed E-state index contributed by atoms with van der Waals surface area (Å²) >= 11 is 0. The van der Waals surface area contributed by atoms with Crippen molar-refractivity contribution in [2.75, 3.05) is 13.2 Å². The average molecular weight is 349 g/mol. The van der Waals surface area contributed by atoms with Crippen molar-refractivity contribution in [3.63, 3.8) is 0 Å². The molecule has 2 unspecified atom stereocenters. The maximum absolute atomic E-state index is 12.1. The van der Waals surface area contributed by atoms with Crippen LogP contribution in [0.25, 0.3) is 0 Å². The summed E-state index contributed by atoms with van der Waals surface area (Å²) in [6, 6.07) is 19.2. The predicted molar refractivity (Wildman–Crippen MR) is 99.1 cm³/mol. The van der Waals surface area contributed by atoms with Crippen LogP contribution in [0.15, 0.2) is 60.7 Å². The molecule has 0 aliphatic rings. The molecule has 0 spiro atoms. The van der Waals surface area contributed by atoms with Gasteiger partial charge in [-0.1, -0.05) is 60.7 Å². The van der Waals surface area contributed by atoms with Gasteiger partial charge in [0.15, 0.2) is 0 Å². The highest BCUT2D eigenvalue weighted by molar-refractivity contribution is 5.85. The predicted octanol–water partition coefficient (Wildman–Crippen LogP) is 2.78. The minimum absolute atomic E-state index is 0. The van der Waals surface area contributed by atoms with E-state index in [-0.39, 0.29) is 43.3 Å². The van der Waals surface area contributed by atoms with Crippen molar-refractivity contribution in [1.82, 2.24) is 5.32 Å². The van der Waals surface area contributed by atoms with Crippen LogP contribution in [0, 0.1) is 0 Å². The van der Waals surface area contributed by atoms with E-state index >= 15 is 0 Å². The average Bonchev–Trinajstić information content (AvgIpc) is 2.60. The minimum Gasteiger partial charge on any atom is -0.396 e. The number of nitrogens with one attached hydrogen (secondary N) is 1. The molecule has 2 aromatic carbocycles. The Kier molecular flexibility index (Phi) is 9.08. The second-order valence-electron chi connectivity index (χ2n) is 5.65. The van der Waals surface area contributed by atoms with Crippen LogP contribution >= 0.6 is 12.4 Å². The Bertz CT molecular complexity index is 593. The lowest BCUT2D eigenvalue weighted by Gasteiger charge is -2.18. The Balaban J connectivity index is 0.00000288. The lowest BCUT2D eigenvalue weighted by atomic mass is 9.96. The molecule has 0 saturated carbocycles. The van der Waals surface area contributed by atoms with E-state index in [4.69, 9.17) is 5.73 Å². The van der Waals surface area contributed by atoms with Crippen LogP contribution in [0.3, 0.4) is 0 Å². The van der Waals surface area contributed by atoms with Gasteiger partial charge in [0.1, 0.15) is 0 Å². The second kappa shape index (κ2) is 10.8. The van der Waals surface area contributed by atoms with Gasteiger partial charge in [0, 0.05) is 31.5 Å². The number of aliphatic hydroxyl groups excluding tert-OH is 1. The summed E-state index contributed by atoms with van der Waals surface area (Å²) < 4.78 is 0. The van der Waals surface area contributed by atoms with E-state index in [2.05, 4.69) is 5.32 Å². The minimum atomic E-state index is -0.302. The molecule has 0 heterocycles. The molecule has 4 nitrogen and oxygen atoms in total. The highest BCUT2D eigenvalue weighted by atomic mass is 35.5. The van der Waals surface area contributed by atoms with Gasteiger partial charge in [0.2, 0.25) is 5.91 Å². The number of hydrogen-bond acceptors (Lipinski definition) is 3. The first-order valence-electron chi connectivity index (χ1n) is 7.93. The first kappa shape index (κ1) is 20.2. The molecule has 5 heteroatoms. The number of hydrogen-bond donors (Lipinski definition) is 3. The lowest BCUT2D eigenvalue weighted by Crippen LogP contribution is -2.31. The van der Waals surface area contributed by atoms with Crippen molar-refractivity contribution in [1.29, 1.82) is 0 Å². The number of nitrogens with two attached hydrogens (primary N) is 1. The van der Waals surface area contributed by atoms with Crippen LogP contribution in [0.2, 0.25) is 0 Å². The number of benzene rings is 2. The van der Waals surface area contributed by atoms with Crippen molar-refractivity contribution in [2.24, 2.45) is 5.73 Å². The quantitative estimate of drug-likeness (QED) is 0.686. The van der Waals surface area contributed by atoms with Crippen LogP contribution < -0.4 is 11.1 Å². The maximum atomic E-state index is 12.1. The zero-order chi connectivity index (χ0) is 16.5. The van der Waals surface area contributed by atoms with Crippen molar-refractivity contribution < 1.29 is 9.90 Å². The van der Waals surface area contributed by atoms with Crippen LogP contribution in [0.5, 0.6) is 0 Å². The molecule has 0 aliphatic carbocycles. The zero-order valence-corrected chi connectivity index (χ0v) is 14.4. The van der Waals surface area contributed by atoms with Gasteiger partial charge in [0.05, 0.1) is 0 Å². The molecule has 0 bridgehead atoms. The van der Waals surface area contributed by atoms with E-state index < -0.39 is 0 Å². The number of carbonyl (C=O) groups excluding carboxylic acids is 1. The van der Waals surface area contributed by atoms with Gasteiger partial charge in [-0.3, -0.25) is 4.79 Å². The van der Waals surface area contributed by atoms with Gasteiger partial charge < -0.3 is 16.2 Å². The van der Waals surface area contributed by atoms with Gasteiger partial charge >= 0.3 is 0 Å². The third-order valence-electron chi connectivity index (χ3n) is 3.93. The van der Waals surface area contributed by atoms with Gasteiger partial charge in [-0.05, 0) is 17.5 Å². The van der Waals surface area contributed by atoms with Gasteiger partial charge in [-0.2, -0.15) is 0 Å². The monoisotopic (exact) mass is 348 g/mol. The van der Waals surface area contributed by atoms with Gasteiger partial charge in [0.25, 0.3) is 0 Å². The molecule has 2 atom stereocenters. The van der Waals surface area contributed by atoms with E-state index in [9.17, 15) is 9.90 Å². The fourth-order valence-electron chi connectivity index (χ4n) is 2.59. The molecule has 1 amide bonds. The Morgan fingerprint density at radius 3 is 2.08 bits per heavy atom. The van der Waals surface area contributed by atoms with Crippen LogP contribution in [0.1, 0.15) is 35.9 Å². The SMILES string of the molecule is Cl.NC(CC(=O)NCC(CCO)c1ccccc1)c1ccccc1. The van der Waals surface area contributed by atoms with Crippen LogP contribution in [0.4, 0.5) is 0 Å². The third-order valence-corrected chi connectivity index (χ3v) is 3.93. The third kappa shape index (κ3) is 6.32. The smallest absolute Gasteiger partial charge is 0.221 e. The summed E-state index contributed by atoms with van der Waals surface area (Å²) in [6.45, 7) is 0.601. The van der Waals surface area contributed by atoms with Crippen molar-refractivity contribution in [2.45, 2.75) is 24.8 Å². The fourth-order valence-corrected chi connectivity index (χ4v) is 2.59. The Labute approximate surface area is 149 Å². The van der Waals surface area contributed by atoms with Crippen LogP contribution in [-0.2, 0) is 4.79 Å². The molecule has 0 aliphatic heterocycles. The van der Waals surface area contributed by atoms with E-state index in [1.54, 1.807) is 0 Å².